The smallest absolute Gasteiger partial charge is 0.326 e. The van der Waals surface area contributed by atoms with Gasteiger partial charge in [-0.2, -0.15) is 0 Å². The quantitative estimate of drug-likeness (QED) is 0.860. The lowest BCUT2D eigenvalue weighted by Gasteiger charge is -2.27. The molecular weight excluding hydrogens is 326 g/mol. The van der Waals surface area contributed by atoms with Crippen molar-refractivity contribution in [2.45, 2.75) is 26.8 Å². The summed E-state index contributed by atoms with van der Waals surface area (Å²) in [4.78, 5) is 22.9. The van der Waals surface area contributed by atoms with E-state index in [2.05, 4.69) is 21.2 Å². The Morgan fingerprint density at radius 1 is 1.30 bits per heavy atom. The van der Waals surface area contributed by atoms with E-state index in [0.717, 1.165) is 4.47 Å². The van der Waals surface area contributed by atoms with Crippen molar-refractivity contribution in [3.05, 3.63) is 28.7 Å². The summed E-state index contributed by atoms with van der Waals surface area (Å²) in [6.45, 7) is 5.03. The van der Waals surface area contributed by atoms with Crippen molar-refractivity contribution < 1.29 is 19.4 Å². The Morgan fingerprint density at radius 2 is 1.85 bits per heavy atom. The van der Waals surface area contributed by atoms with Gasteiger partial charge in [-0.1, -0.05) is 36.7 Å². The molecule has 1 atom stereocenters. The van der Waals surface area contributed by atoms with Gasteiger partial charge in [0.1, 0.15) is 11.8 Å². The zero-order valence-electron chi connectivity index (χ0n) is 11.6. The molecule has 0 aliphatic carbocycles. The molecule has 0 fully saturated rings. The van der Waals surface area contributed by atoms with Crippen LogP contribution in [0.1, 0.15) is 20.8 Å². The van der Waals surface area contributed by atoms with Gasteiger partial charge < -0.3 is 15.2 Å². The number of carboxylic acid groups (broad SMARTS) is 1. The molecule has 1 aromatic carbocycles. The number of carbonyl (C=O) groups is 2. The van der Waals surface area contributed by atoms with Crippen LogP contribution in [0.5, 0.6) is 5.75 Å². The summed E-state index contributed by atoms with van der Waals surface area (Å²) in [7, 11) is 0. The summed E-state index contributed by atoms with van der Waals surface area (Å²) >= 11 is 3.30. The van der Waals surface area contributed by atoms with Crippen molar-refractivity contribution in [1.29, 1.82) is 0 Å². The first-order valence-corrected chi connectivity index (χ1v) is 6.90. The van der Waals surface area contributed by atoms with Crippen molar-refractivity contribution in [1.82, 2.24) is 5.32 Å². The number of hydrogen-bond donors (Lipinski definition) is 2. The average molecular weight is 344 g/mol. The first-order valence-electron chi connectivity index (χ1n) is 6.10. The summed E-state index contributed by atoms with van der Waals surface area (Å²) in [5.41, 5.74) is -0.570. The fourth-order valence-electron chi connectivity index (χ4n) is 1.53. The highest BCUT2D eigenvalue weighted by molar-refractivity contribution is 9.10. The maximum absolute atomic E-state index is 11.7. The van der Waals surface area contributed by atoms with Crippen molar-refractivity contribution in [2.75, 3.05) is 6.61 Å². The second-order valence-electron chi connectivity index (χ2n) is 5.45. The van der Waals surface area contributed by atoms with E-state index in [1.807, 2.05) is 0 Å². The first-order chi connectivity index (χ1) is 9.20. The van der Waals surface area contributed by atoms with E-state index >= 15 is 0 Å². The van der Waals surface area contributed by atoms with E-state index in [9.17, 15) is 9.59 Å². The number of rotatable bonds is 5. The second kappa shape index (κ2) is 6.74. The van der Waals surface area contributed by atoms with Crippen LogP contribution in [0, 0.1) is 5.41 Å². The maximum Gasteiger partial charge on any atom is 0.326 e. The lowest BCUT2D eigenvalue weighted by Crippen LogP contribution is -2.50. The third kappa shape index (κ3) is 5.21. The van der Waals surface area contributed by atoms with E-state index in [1.54, 1.807) is 45.0 Å². The highest BCUT2D eigenvalue weighted by Gasteiger charge is 2.32. The molecule has 6 heteroatoms. The molecule has 0 spiro atoms. The first kappa shape index (κ1) is 16.5. The maximum atomic E-state index is 11.7. The van der Waals surface area contributed by atoms with Gasteiger partial charge in [-0.05, 0) is 29.7 Å². The minimum atomic E-state index is -1.06. The van der Waals surface area contributed by atoms with Crippen LogP contribution < -0.4 is 10.1 Å². The van der Waals surface area contributed by atoms with E-state index in [0.29, 0.717) is 5.75 Å². The van der Waals surface area contributed by atoms with Crippen molar-refractivity contribution in [3.8, 4) is 5.75 Å². The Labute approximate surface area is 126 Å². The summed E-state index contributed by atoms with van der Waals surface area (Å²) in [6.07, 6.45) is 0. The van der Waals surface area contributed by atoms with E-state index in [4.69, 9.17) is 9.84 Å². The molecule has 1 aromatic rings. The molecule has 110 valence electrons. The molecule has 0 saturated heterocycles. The molecule has 1 amide bonds. The van der Waals surface area contributed by atoms with Gasteiger partial charge in [-0.3, -0.25) is 4.79 Å². The molecule has 2 N–H and O–H groups in total. The fourth-order valence-corrected chi connectivity index (χ4v) is 1.80. The van der Waals surface area contributed by atoms with Crippen LogP contribution in [-0.2, 0) is 9.59 Å². The molecule has 1 rings (SSSR count). The van der Waals surface area contributed by atoms with Crippen LogP contribution in [0.2, 0.25) is 0 Å². The zero-order chi connectivity index (χ0) is 15.3. The number of hydrogen-bond acceptors (Lipinski definition) is 3. The molecule has 20 heavy (non-hydrogen) atoms. The Kier molecular flexibility index (Phi) is 5.56. The van der Waals surface area contributed by atoms with Crippen LogP contribution >= 0.6 is 15.9 Å². The van der Waals surface area contributed by atoms with Gasteiger partial charge in [-0.25, -0.2) is 4.79 Å². The predicted molar refractivity (Wildman–Crippen MR) is 78.7 cm³/mol. The lowest BCUT2D eigenvalue weighted by atomic mass is 9.87. The van der Waals surface area contributed by atoms with Gasteiger partial charge in [0.2, 0.25) is 0 Å². The average Bonchev–Trinajstić information content (AvgIpc) is 2.33. The second-order valence-corrected chi connectivity index (χ2v) is 6.36. The molecule has 0 unspecified atom stereocenters. The predicted octanol–water partition coefficient (Wildman–Crippen LogP) is 2.44. The number of ether oxygens (including phenoxy) is 1. The number of aliphatic carboxylic acids is 1. The van der Waals surface area contributed by atoms with Crippen LogP contribution in [0.15, 0.2) is 28.7 Å². The van der Waals surface area contributed by atoms with Crippen LogP contribution in [0.25, 0.3) is 0 Å². The highest BCUT2D eigenvalue weighted by Crippen LogP contribution is 2.19. The van der Waals surface area contributed by atoms with Gasteiger partial charge in [0.25, 0.3) is 5.91 Å². The third-order valence-corrected chi connectivity index (χ3v) is 3.13. The van der Waals surface area contributed by atoms with E-state index < -0.39 is 23.3 Å². The Morgan fingerprint density at radius 3 is 2.30 bits per heavy atom. The van der Waals surface area contributed by atoms with Crippen LogP contribution in [0.3, 0.4) is 0 Å². The molecule has 0 aromatic heterocycles. The van der Waals surface area contributed by atoms with E-state index in [-0.39, 0.29) is 6.61 Å². The van der Waals surface area contributed by atoms with Gasteiger partial charge in [0, 0.05) is 4.47 Å². The van der Waals surface area contributed by atoms with E-state index in [1.165, 1.54) is 0 Å². The number of benzene rings is 1. The summed E-state index contributed by atoms with van der Waals surface area (Å²) in [5.74, 6) is -0.976. The van der Waals surface area contributed by atoms with Gasteiger partial charge in [-0.15, -0.1) is 0 Å². The molecule has 0 bridgehead atoms. The van der Waals surface area contributed by atoms with Crippen molar-refractivity contribution in [3.63, 3.8) is 0 Å². The number of carbonyl (C=O) groups excluding carboxylic acids is 1. The van der Waals surface area contributed by atoms with Crippen LogP contribution in [0.4, 0.5) is 0 Å². The molecule has 0 radical (unpaired) electrons. The number of amides is 1. The zero-order valence-corrected chi connectivity index (χ0v) is 13.2. The Bertz CT molecular complexity index is 479. The SMILES string of the molecule is CC(C)(C)[C@H](NC(=O)COc1ccc(Br)cc1)C(=O)O. The molecule has 0 aliphatic heterocycles. The molecule has 5 nitrogen and oxygen atoms in total. The largest absolute Gasteiger partial charge is 0.484 e. The fraction of sp³-hybridized carbons (Fsp3) is 0.429. The monoisotopic (exact) mass is 343 g/mol. The molecule has 0 heterocycles. The summed E-state index contributed by atoms with van der Waals surface area (Å²) in [6, 6.07) is 6.07. The van der Waals surface area contributed by atoms with Crippen LogP contribution in [-0.4, -0.2) is 29.6 Å². The molecule has 0 aliphatic rings. The lowest BCUT2D eigenvalue weighted by molar-refractivity contribution is -0.145. The summed E-state index contributed by atoms with van der Waals surface area (Å²) < 4.78 is 6.20. The Hall–Kier alpha value is -1.56. The molecule has 0 saturated carbocycles. The highest BCUT2D eigenvalue weighted by atomic mass is 79.9. The van der Waals surface area contributed by atoms with Gasteiger partial charge >= 0.3 is 5.97 Å². The van der Waals surface area contributed by atoms with Crippen molar-refractivity contribution >= 4 is 27.8 Å². The molecular formula is C14H18BrNO4. The standard InChI is InChI=1S/C14H18BrNO4/c1-14(2,3)12(13(18)19)16-11(17)8-20-10-6-4-9(15)5-7-10/h4-7,12H,8H2,1-3H3,(H,16,17)(H,18,19)/t12-/m1/s1. The number of nitrogens with one attached hydrogen (secondary N) is 1. The number of halogens is 1. The van der Waals surface area contributed by atoms with Gasteiger partial charge in [0.15, 0.2) is 6.61 Å². The minimum Gasteiger partial charge on any atom is -0.484 e. The van der Waals surface area contributed by atoms with Gasteiger partial charge in [0.05, 0.1) is 0 Å². The normalized spacial score (nSPS) is 12.6. The topological polar surface area (TPSA) is 75.6 Å². The third-order valence-electron chi connectivity index (χ3n) is 2.60. The Balaban J connectivity index is 2.54. The minimum absolute atomic E-state index is 0.221. The van der Waals surface area contributed by atoms with Crippen molar-refractivity contribution in [2.24, 2.45) is 5.41 Å². The summed E-state index contributed by atoms with van der Waals surface area (Å²) in [5, 5.41) is 11.6. The number of carboxylic acids is 1.